The lowest BCUT2D eigenvalue weighted by molar-refractivity contribution is -0.387. The molecule has 0 bridgehead atoms. The second kappa shape index (κ2) is 7.98. The van der Waals surface area contributed by atoms with Gasteiger partial charge in [-0.3, -0.25) is 20.2 Å². The van der Waals surface area contributed by atoms with E-state index < -0.39 is 10.8 Å². The van der Waals surface area contributed by atoms with Gasteiger partial charge in [-0.25, -0.2) is 9.37 Å². The monoisotopic (exact) mass is 425 g/mol. The molecule has 1 N–H and O–H groups in total. The van der Waals surface area contributed by atoms with Gasteiger partial charge in [0.2, 0.25) is 0 Å². The van der Waals surface area contributed by atoms with Crippen LogP contribution in [0.15, 0.2) is 76.5 Å². The second-order valence-corrected chi connectivity index (χ2v) is 8.08. The lowest BCUT2D eigenvalue weighted by atomic mass is 10.2. The van der Waals surface area contributed by atoms with Crippen LogP contribution in [0.5, 0.6) is 0 Å². The number of aromatic nitrogens is 1. The van der Waals surface area contributed by atoms with Crippen molar-refractivity contribution < 1.29 is 14.1 Å². The molecule has 0 atom stereocenters. The van der Waals surface area contributed by atoms with Gasteiger partial charge in [0.05, 0.1) is 20.0 Å². The van der Waals surface area contributed by atoms with E-state index in [4.69, 9.17) is 0 Å². The molecule has 3 aromatic carbocycles. The fourth-order valence-electron chi connectivity index (χ4n) is 2.61. The summed E-state index contributed by atoms with van der Waals surface area (Å²) in [6.45, 7) is 0. The van der Waals surface area contributed by atoms with Gasteiger partial charge in [-0.15, -0.1) is 0 Å². The van der Waals surface area contributed by atoms with E-state index in [9.17, 15) is 19.3 Å². The first kappa shape index (κ1) is 19.0. The van der Waals surface area contributed by atoms with Crippen molar-refractivity contribution in [3.63, 3.8) is 0 Å². The molecule has 0 spiro atoms. The van der Waals surface area contributed by atoms with Crippen LogP contribution < -0.4 is 5.32 Å². The number of fused-ring (bicyclic) bond motifs is 1. The number of nitrogens with one attached hydrogen (secondary N) is 1. The van der Waals surface area contributed by atoms with Gasteiger partial charge in [0.1, 0.15) is 5.82 Å². The molecule has 0 aliphatic rings. The van der Waals surface area contributed by atoms with E-state index in [1.807, 2.05) is 24.3 Å². The largest absolute Gasteiger partial charge is 0.298 e. The summed E-state index contributed by atoms with van der Waals surface area (Å²) in [5.41, 5.74) is 0.723. The zero-order valence-corrected chi connectivity index (χ0v) is 16.3. The molecule has 4 rings (SSSR count). The fourth-order valence-corrected chi connectivity index (χ4v) is 4.37. The molecule has 0 radical (unpaired) electrons. The number of nitro benzene ring substituents is 1. The third-order valence-electron chi connectivity index (χ3n) is 3.97. The Bertz CT molecular complexity index is 1190. The van der Waals surface area contributed by atoms with Crippen molar-refractivity contribution in [2.75, 3.05) is 5.32 Å². The highest BCUT2D eigenvalue weighted by Crippen LogP contribution is 2.35. The molecule has 0 saturated heterocycles. The maximum Gasteiger partial charge on any atom is 0.284 e. The quantitative estimate of drug-likeness (QED) is 0.325. The SMILES string of the molecule is O=C(Nc1nc2ccccc2s1)c1ccc(Sc2ccc(F)cc2)c([N+](=O)[O-])c1. The summed E-state index contributed by atoms with van der Waals surface area (Å²) in [6.07, 6.45) is 0. The van der Waals surface area contributed by atoms with Crippen molar-refractivity contribution in [2.45, 2.75) is 9.79 Å². The maximum atomic E-state index is 13.1. The summed E-state index contributed by atoms with van der Waals surface area (Å²) in [5.74, 6) is -0.865. The van der Waals surface area contributed by atoms with E-state index in [-0.39, 0.29) is 17.1 Å². The van der Waals surface area contributed by atoms with Gasteiger partial charge in [0.15, 0.2) is 5.13 Å². The first-order valence-electron chi connectivity index (χ1n) is 8.38. The van der Waals surface area contributed by atoms with Crippen LogP contribution in [-0.2, 0) is 0 Å². The zero-order valence-electron chi connectivity index (χ0n) is 14.7. The van der Waals surface area contributed by atoms with E-state index in [1.54, 1.807) is 0 Å². The van der Waals surface area contributed by atoms with Gasteiger partial charge in [-0.2, -0.15) is 0 Å². The molecule has 4 aromatic rings. The van der Waals surface area contributed by atoms with Crippen molar-refractivity contribution in [1.82, 2.24) is 4.98 Å². The molecule has 0 aliphatic carbocycles. The normalized spacial score (nSPS) is 10.8. The first-order chi connectivity index (χ1) is 14.0. The summed E-state index contributed by atoms with van der Waals surface area (Å²) in [4.78, 5) is 28.9. The summed E-state index contributed by atoms with van der Waals surface area (Å²) in [6, 6.07) is 17.4. The van der Waals surface area contributed by atoms with Crippen LogP contribution in [-0.4, -0.2) is 15.8 Å². The topological polar surface area (TPSA) is 85.1 Å². The number of benzene rings is 3. The standard InChI is InChI=1S/C20H12FN3O3S2/c21-13-6-8-14(9-7-13)28-18-10-5-12(11-16(18)24(26)27)19(25)23-20-22-15-3-1-2-4-17(15)29-20/h1-11H,(H,22,23,25). The number of nitrogens with zero attached hydrogens (tertiary/aromatic N) is 2. The van der Waals surface area contributed by atoms with Gasteiger partial charge in [0, 0.05) is 16.5 Å². The molecule has 1 heterocycles. The molecule has 1 aromatic heterocycles. The average molecular weight is 425 g/mol. The highest BCUT2D eigenvalue weighted by Gasteiger charge is 2.19. The lowest BCUT2D eigenvalue weighted by Gasteiger charge is -2.06. The van der Waals surface area contributed by atoms with Gasteiger partial charge in [0.25, 0.3) is 11.6 Å². The summed E-state index contributed by atoms with van der Waals surface area (Å²) in [5, 5.41) is 14.6. The van der Waals surface area contributed by atoms with Gasteiger partial charge < -0.3 is 0 Å². The van der Waals surface area contributed by atoms with Crippen LogP contribution in [0.2, 0.25) is 0 Å². The van der Waals surface area contributed by atoms with Crippen molar-refractivity contribution in [2.24, 2.45) is 0 Å². The van der Waals surface area contributed by atoms with Crippen LogP contribution in [0.3, 0.4) is 0 Å². The number of amides is 1. The lowest BCUT2D eigenvalue weighted by Crippen LogP contribution is -2.12. The van der Waals surface area contributed by atoms with Crippen LogP contribution in [0.4, 0.5) is 15.2 Å². The minimum absolute atomic E-state index is 0.152. The Morgan fingerprint density at radius 2 is 1.86 bits per heavy atom. The van der Waals surface area contributed by atoms with Gasteiger partial charge >= 0.3 is 0 Å². The molecule has 29 heavy (non-hydrogen) atoms. The van der Waals surface area contributed by atoms with Crippen molar-refractivity contribution in [1.29, 1.82) is 0 Å². The fraction of sp³-hybridized carbons (Fsp3) is 0. The van der Waals surface area contributed by atoms with Crippen LogP contribution in [0.25, 0.3) is 10.2 Å². The number of nitro groups is 1. The highest BCUT2D eigenvalue weighted by atomic mass is 32.2. The van der Waals surface area contributed by atoms with Crippen molar-refractivity contribution in [3.8, 4) is 0 Å². The Balaban J connectivity index is 1.58. The Hall–Kier alpha value is -3.30. The van der Waals surface area contributed by atoms with E-state index >= 15 is 0 Å². The predicted octanol–water partition coefficient (Wildman–Crippen LogP) is 5.75. The minimum atomic E-state index is -0.541. The molecule has 9 heteroatoms. The number of rotatable bonds is 5. The Morgan fingerprint density at radius 3 is 2.59 bits per heavy atom. The van der Waals surface area contributed by atoms with Gasteiger partial charge in [-0.05, 0) is 48.5 Å². The van der Waals surface area contributed by atoms with Crippen molar-refractivity contribution in [3.05, 3.63) is 88.2 Å². The van der Waals surface area contributed by atoms with E-state index in [0.29, 0.717) is 14.9 Å². The van der Waals surface area contributed by atoms with E-state index in [1.165, 1.54) is 53.8 Å². The Labute approximate surface area is 172 Å². The third-order valence-corrected chi connectivity index (χ3v) is 6.00. The smallest absolute Gasteiger partial charge is 0.284 e. The summed E-state index contributed by atoms with van der Waals surface area (Å²) < 4.78 is 14.0. The predicted molar refractivity (Wildman–Crippen MR) is 111 cm³/mol. The number of hydrogen-bond donors (Lipinski definition) is 1. The molecular formula is C20H12FN3O3S2. The van der Waals surface area contributed by atoms with Crippen molar-refractivity contribution >= 4 is 50.0 Å². The summed E-state index contributed by atoms with van der Waals surface area (Å²) in [7, 11) is 0. The van der Waals surface area contributed by atoms with E-state index in [2.05, 4.69) is 10.3 Å². The Kier molecular flexibility index (Phi) is 5.24. The number of thiazole rings is 1. The summed E-state index contributed by atoms with van der Waals surface area (Å²) >= 11 is 2.45. The zero-order chi connectivity index (χ0) is 20.4. The van der Waals surface area contributed by atoms with E-state index in [0.717, 1.165) is 22.0 Å². The molecule has 1 amide bonds. The molecule has 0 saturated carbocycles. The number of halogens is 1. The van der Waals surface area contributed by atoms with Crippen LogP contribution in [0.1, 0.15) is 10.4 Å². The minimum Gasteiger partial charge on any atom is -0.298 e. The molecule has 0 unspecified atom stereocenters. The molecule has 144 valence electrons. The second-order valence-electron chi connectivity index (χ2n) is 5.94. The molecule has 0 aliphatic heterocycles. The maximum absolute atomic E-state index is 13.1. The number of carbonyl (C=O) groups excluding carboxylic acids is 1. The molecular weight excluding hydrogens is 413 g/mol. The highest BCUT2D eigenvalue weighted by molar-refractivity contribution is 7.99. The number of anilines is 1. The molecule has 6 nitrogen and oxygen atoms in total. The van der Waals surface area contributed by atoms with Crippen LogP contribution in [0, 0.1) is 15.9 Å². The molecule has 0 fully saturated rings. The average Bonchev–Trinajstić information content (AvgIpc) is 3.12. The Morgan fingerprint density at radius 1 is 1.10 bits per heavy atom. The van der Waals surface area contributed by atoms with Crippen LogP contribution >= 0.6 is 23.1 Å². The number of hydrogen-bond acceptors (Lipinski definition) is 6. The van der Waals surface area contributed by atoms with Gasteiger partial charge in [-0.1, -0.05) is 35.2 Å². The third kappa shape index (κ3) is 4.25. The first-order valence-corrected chi connectivity index (χ1v) is 10.0. The number of para-hydroxylation sites is 1. The number of carbonyl (C=O) groups is 1.